The summed E-state index contributed by atoms with van der Waals surface area (Å²) in [6.07, 6.45) is 7.01. The van der Waals surface area contributed by atoms with E-state index >= 15 is 0 Å². The van der Waals surface area contributed by atoms with Crippen LogP contribution in [0.5, 0.6) is 0 Å². The Morgan fingerprint density at radius 2 is 1.76 bits per heavy atom. The van der Waals surface area contributed by atoms with E-state index in [0.717, 1.165) is 22.5 Å². The molecule has 0 aliphatic heterocycles. The van der Waals surface area contributed by atoms with Crippen LogP contribution in [0.15, 0.2) is 35.5 Å². The van der Waals surface area contributed by atoms with E-state index in [1.165, 1.54) is 25.6 Å². The Labute approximate surface area is 125 Å². The number of benzene rings is 1. The molecule has 0 atom stereocenters. The van der Waals surface area contributed by atoms with Crippen LogP contribution < -0.4 is 0 Å². The van der Waals surface area contributed by atoms with E-state index in [2.05, 4.69) is 10.1 Å². The second-order valence-electron chi connectivity index (χ2n) is 5.63. The number of hydrogen-bond acceptors (Lipinski definition) is 4. The molecule has 21 heavy (non-hydrogen) atoms. The molecule has 3 rings (SSSR count). The Bertz CT molecular complexity index is 714. The fourth-order valence-corrected chi connectivity index (χ4v) is 3.80. The first-order valence-corrected chi connectivity index (χ1v) is 8.75. The maximum atomic E-state index is 12.5. The maximum Gasteiger partial charge on any atom is 0.284 e. The molecule has 1 saturated carbocycles. The summed E-state index contributed by atoms with van der Waals surface area (Å²) in [6.45, 7) is 1.92. The Balaban J connectivity index is 1.89. The summed E-state index contributed by atoms with van der Waals surface area (Å²) in [5.41, 5.74) is 1.02. The van der Waals surface area contributed by atoms with Gasteiger partial charge in [-0.25, -0.2) is 4.98 Å². The lowest BCUT2D eigenvalue weighted by atomic mass is 9.89. The molecular formula is C15H19N3O2S. The predicted octanol–water partition coefficient (Wildman–Crippen LogP) is 2.87. The fraction of sp³-hybridized carbons (Fsp3) is 0.467. The molecule has 6 heteroatoms. The zero-order valence-electron chi connectivity index (χ0n) is 12.1. The first-order valence-electron chi connectivity index (χ1n) is 7.31. The van der Waals surface area contributed by atoms with Gasteiger partial charge < -0.3 is 0 Å². The molecule has 1 aromatic heterocycles. The monoisotopic (exact) mass is 305 g/mol. The van der Waals surface area contributed by atoms with Crippen molar-refractivity contribution in [2.45, 2.75) is 49.8 Å². The van der Waals surface area contributed by atoms with Gasteiger partial charge in [-0.3, -0.25) is 0 Å². The van der Waals surface area contributed by atoms with Gasteiger partial charge in [0.25, 0.3) is 10.0 Å². The number of aromatic nitrogens is 3. The topological polar surface area (TPSA) is 64.8 Å². The molecule has 0 bridgehead atoms. The van der Waals surface area contributed by atoms with Gasteiger partial charge in [-0.05, 0) is 31.9 Å². The summed E-state index contributed by atoms with van der Waals surface area (Å²) in [5, 5.41) is 4.22. The molecule has 0 radical (unpaired) electrons. The average Bonchev–Trinajstić information content (AvgIpc) is 2.99. The van der Waals surface area contributed by atoms with Crippen molar-refractivity contribution in [3.8, 4) is 0 Å². The molecule has 0 spiro atoms. The van der Waals surface area contributed by atoms with Crippen LogP contribution in [-0.4, -0.2) is 22.6 Å². The molecule has 0 amide bonds. The normalized spacial score (nSPS) is 17.0. The van der Waals surface area contributed by atoms with E-state index in [0.29, 0.717) is 11.7 Å². The van der Waals surface area contributed by atoms with Gasteiger partial charge >= 0.3 is 0 Å². The summed E-state index contributed by atoms with van der Waals surface area (Å²) in [7, 11) is -3.63. The van der Waals surface area contributed by atoms with Gasteiger partial charge in [-0.15, -0.1) is 9.19 Å². The minimum atomic E-state index is -3.63. The lowest BCUT2D eigenvalue weighted by Crippen LogP contribution is -2.15. The highest BCUT2D eigenvalue weighted by atomic mass is 32.2. The van der Waals surface area contributed by atoms with Crippen molar-refractivity contribution >= 4 is 10.0 Å². The summed E-state index contributed by atoms with van der Waals surface area (Å²) < 4.78 is 26.0. The van der Waals surface area contributed by atoms with Crippen molar-refractivity contribution in [1.29, 1.82) is 0 Å². The van der Waals surface area contributed by atoms with E-state index in [1.807, 2.05) is 6.92 Å². The highest BCUT2D eigenvalue weighted by molar-refractivity contribution is 7.89. The summed E-state index contributed by atoms with van der Waals surface area (Å²) in [5.74, 6) is 0.957. The van der Waals surface area contributed by atoms with Crippen molar-refractivity contribution < 1.29 is 8.42 Å². The van der Waals surface area contributed by atoms with Crippen LogP contribution in [0, 0.1) is 6.92 Å². The summed E-state index contributed by atoms with van der Waals surface area (Å²) in [6, 6.07) is 6.77. The molecule has 1 fully saturated rings. The molecule has 2 aromatic rings. The van der Waals surface area contributed by atoms with Crippen molar-refractivity contribution in [3.63, 3.8) is 0 Å². The van der Waals surface area contributed by atoms with Gasteiger partial charge in [0.1, 0.15) is 6.33 Å². The number of nitrogens with zero attached hydrogens (tertiary/aromatic N) is 3. The Morgan fingerprint density at radius 3 is 2.43 bits per heavy atom. The molecule has 0 N–H and O–H groups in total. The van der Waals surface area contributed by atoms with Crippen LogP contribution in [0.2, 0.25) is 0 Å². The third kappa shape index (κ3) is 2.85. The molecule has 0 unspecified atom stereocenters. The van der Waals surface area contributed by atoms with Crippen molar-refractivity contribution in [2.75, 3.05) is 0 Å². The minimum absolute atomic E-state index is 0.244. The number of rotatable bonds is 3. The van der Waals surface area contributed by atoms with Gasteiger partial charge in [-0.2, -0.15) is 8.42 Å². The minimum Gasteiger partial charge on any atom is -0.218 e. The molecule has 1 heterocycles. The van der Waals surface area contributed by atoms with Crippen molar-refractivity contribution in [3.05, 3.63) is 42.0 Å². The van der Waals surface area contributed by atoms with Gasteiger partial charge in [0.05, 0.1) is 4.90 Å². The van der Waals surface area contributed by atoms with Gasteiger partial charge in [0.15, 0.2) is 5.82 Å². The highest BCUT2D eigenvalue weighted by Crippen LogP contribution is 2.30. The van der Waals surface area contributed by atoms with Crippen molar-refractivity contribution in [2.24, 2.45) is 0 Å². The Morgan fingerprint density at radius 1 is 1.10 bits per heavy atom. The average molecular weight is 305 g/mol. The number of aryl methyl sites for hydroxylation is 1. The lowest BCUT2D eigenvalue weighted by Gasteiger charge is -2.18. The third-order valence-electron chi connectivity index (χ3n) is 4.03. The highest BCUT2D eigenvalue weighted by Gasteiger charge is 2.23. The van der Waals surface area contributed by atoms with E-state index in [1.54, 1.807) is 24.3 Å². The fourth-order valence-electron chi connectivity index (χ4n) is 2.74. The molecule has 0 saturated heterocycles. The van der Waals surface area contributed by atoms with E-state index in [4.69, 9.17) is 0 Å². The second kappa shape index (κ2) is 5.60. The van der Waals surface area contributed by atoms with E-state index in [-0.39, 0.29) is 4.90 Å². The van der Waals surface area contributed by atoms with Crippen LogP contribution in [-0.2, 0) is 10.0 Å². The van der Waals surface area contributed by atoms with Crippen LogP contribution in [0.4, 0.5) is 0 Å². The zero-order chi connectivity index (χ0) is 14.9. The third-order valence-corrected chi connectivity index (χ3v) is 5.56. The molecule has 112 valence electrons. The van der Waals surface area contributed by atoms with Gasteiger partial charge in [0, 0.05) is 5.92 Å². The summed E-state index contributed by atoms with van der Waals surface area (Å²) >= 11 is 0. The maximum absolute atomic E-state index is 12.5. The smallest absolute Gasteiger partial charge is 0.218 e. The Hall–Kier alpha value is -1.69. The first kappa shape index (κ1) is 14.3. The van der Waals surface area contributed by atoms with Crippen LogP contribution >= 0.6 is 0 Å². The molecule has 1 aliphatic carbocycles. The largest absolute Gasteiger partial charge is 0.284 e. The standard InChI is InChI=1S/C15H19N3O2S/c1-12-7-9-14(10-8-12)21(19,20)18-11-16-15(17-18)13-5-3-2-4-6-13/h7-11,13H,2-6H2,1H3. The van der Waals surface area contributed by atoms with Crippen LogP contribution in [0.3, 0.4) is 0 Å². The molecular weight excluding hydrogens is 286 g/mol. The SMILES string of the molecule is Cc1ccc(S(=O)(=O)n2cnc(C3CCCCC3)n2)cc1. The Kier molecular flexibility index (Phi) is 3.80. The van der Waals surface area contributed by atoms with Gasteiger partial charge in [-0.1, -0.05) is 37.0 Å². The predicted molar refractivity (Wildman–Crippen MR) is 79.6 cm³/mol. The quantitative estimate of drug-likeness (QED) is 0.874. The van der Waals surface area contributed by atoms with E-state index in [9.17, 15) is 8.42 Å². The van der Waals surface area contributed by atoms with Crippen LogP contribution in [0.25, 0.3) is 0 Å². The number of hydrogen-bond donors (Lipinski definition) is 0. The second-order valence-corrected chi connectivity index (χ2v) is 7.42. The lowest BCUT2D eigenvalue weighted by molar-refractivity contribution is 0.428. The molecule has 1 aliphatic rings. The van der Waals surface area contributed by atoms with Crippen molar-refractivity contribution in [1.82, 2.24) is 14.2 Å². The first-order chi connectivity index (χ1) is 10.1. The zero-order valence-corrected chi connectivity index (χ0v) is 12.9. The van der Waals surface area contributed by atoms with Crippen LogP contribution in [0.1, 0.15) is 49.4 Å². The molecule has 1 aromatic carbocycles. The van der Waals surface area contributed by atoms with Gasteiger partial charge in [0.2, 0.25) is 0 Å². The summed E-state index contributed by atoms with van der Waals surface area (Å²) in [4.78, 5) is 4.47. The molecule has 5 nitrogen and oxygen atoms in total. The van der Waals surface area contributed by atoms with E-state index < -0.39 is 10.0 Å².